The van der Waals surface area contributed by atoms with E-state index in [0.29, 0.717) is 42.7 Å². The lowest BCUT2D eigenvalue weighted by atomic mass is 10.0. The van der Waals surface area contributed by atoms with Gasteiger partial charge in [-0.2, -0.15) is 0 Å². The Balaban J connectivity index is 0.00000176. The standard InChI is InChI=1S/C15H19BrN2O3.ClH/c16-11-6-10(7-13-14(11)21-5-4-20-13)15(19)18-12-3-1-2-9(12)8-17;/h6-7,9,12H,1-5,8,17H2,(H,18,19);1H. The smallest absolute Gasteiger partial charge is 0.251 e. The Hall–Kier alpha value is -0.980. The first-order valence-corrected chi connectivity index (χ1v) is 8.08. The molecule has 3 rings (SSSR count). The van der Waals surface area contributed by atoms with Gasteiger partial charge in [0, 0.05) is 11.6 Å². The van der Waals surface area contributed by atoms with Crippen molar-refractivity contribution >= 4 is 34.2 Å². The van der Waals surface area contributed by atoms with Crippen molar-refractivity contribution in [1.29, 1.82) is 0 Å². The third-order valence-electron chi connectivity index (χ3n) is 4.14. The molecule has 0 radical (unpaired) electrons. The maximum atomic E-state index is 12.4. The Morgan fingerprint density at radius 1 is 1.32 bits per heavy atom. The van der Waals surface area contributed by atoms with Gasteiger partial charge in [-0.25, -0.2) is 0 Å². The highest BCUT2D eigenvalue weighted by atomic mass is 79.9. The summed E-state index contributed by atoms with van der Waals surface area (Å²) in [6, 6.07) is 3.69. The summed E-state index contributed by atoms with van der Waals surface area (Å²) in [6.07, 6.45) is 3.21. The van der Waals surface area contributed by atoms with Crippen molar-refractivity contribution in [2.45, 2.75) is 25.3 Å². The van der Waals surface area contributed by atoms with Gasteiger partial charge < -0.3 is 20.5 Å². The number of hydrogen-bond acceptors (Lipinski definition) is 4. The number of rotatable bonds is 3. The van der Waals surface area contributed by atoms with Gasteiger partial charge in [0.1, 0.15) is 13.2 Å². The summed E-state index contributed by atoms with van der Waals surface area (Å²) in [5.41, 5.74) is 6.34. The number of carbonyl (C=O) groups excluding carboxylic acids is 1. The Morgan fingerprint density at radius 3 is 2.86 bits per heavy atom. The molecule has 2 aliphatic rings. The fourth-order valence-corrected chi connectivity index (χ4v) is 3.56. The van der Waals surface area contributed by atoms with Crippen LogP contribution in [0.1, 0.15) is 29.6 Å². The molecular weight excluding hydrogens is 372 g/mol. The molecule has 1 amide bonds. The number of hydrogen-bond donors (Lipinski definition) is 2. The molecule has 0 spiro atoms. The number of carbonyl (C=O) groups is 1. The monoisotopic (exact) mass is 390 g/mol. The molecule has 7 heteroatoms. The van der Waals surface area contributed by atoms with Gasteiger partial charge in [0.2, 0.25) is 0 Å². The highest BCUT2D eigenvalue weighted by molar-refractivity contribution is 9.10. The number of benzene rings is 1. The van der Waals surface area contributed by atoms with Crippen LogP contribution in [0.15, 0.2) is 16.6 Å². The van der Waals surface area contributed by atoms with E-state index in [4.69, 9.17) is 15.2 Å². The fraction of sp³-hybridized carbons (Fsp3) is 0.533. The highest BCUT2D eigenvalue weighted by Crippen LogP contribution is 2.38. The second kappa shape index (κ2) is 7.53. The van der Waals surface area contributed by atoms with Crippen LogP contribution < -0.4 is 20.5 Å². The highest BCUT2D eigenvalue weighted by Gasteiger charge is 2.28. The Bertz CT molecular complexity index is 556. The van der Waals surface area contributed by atoms with Crippen LogP contribution in [0, 0.1) is 5.92 Å². The van der Waals surface area contributed by atoms with Crippen molar-refractivity contribution < 1.29 is 14.3 Å². The van der Waals surface area contributed by atoms with Crippen LogP contribution in [0.5, 0.6) is 11.5 Å². The molecule has 0 saturated heterocycles. The molecule has 0 aromatic heterocycles. The number of nitrogens with two attached hydrogens (primary N) is 1. The average molecular weight is 392 g/mol. The maximum absolute atomic E-state index is 12.4. The molecule has 1 aliphatic carbocycles. The van der Waals surface area contributed by atoms with E-state index in [9.17, 15) is 4.79 Å². The number of nitrogens with one attached hydrogen (secondary N) is 1. The minimum Gasteiger partial charge on any atom is -0.486 e. The Labute approximate surface area is 144 Å². The van der Waals surface area contributed by atoms with Crippen molar-refractivity contribution in [2.75, 3.05) is 19.8 Å². The lowest BCUT2D eigenvalue weighted by Gasteiger charge is -2.22. The van der Waals surface area contributed by atoms with Crippen LogP contribution in [0.2, 0.25) is 0 Å². The van der Waals surface area contributed by atoms with E-state index < -0.39 is 0 Å². The van der Waals surface area contributed by atoms with Gasteiger partial charge >= 0.3 is 0 Å². The van der Waals surface area contributed by atoms with E-state index >= 15 is 0 Å². The minimum absolute atomic E-state index is 0. The average Bonchev–Trinajstić information content (AvgIpc) is 2.94. The first-order chi connectivity index (χ1) is 10.2. The number of amides is 1. The van der Waals surface area contributed by atoms with Crippen molar-refractivity contribution in [3.8, 4) is 11.5 Å². The molecule has 1 saturated carbocycles. The van der Waals surface area contributed by atoms with Crippen molar-refractivity contribution in [2.24, 2.45) is 11.7 Å². The number of fused-ring (bicyclic) bond motifs is 1. The van der Waals surface area contributed by atoms with Gasteiger partial charge in [0.25, 0.3) is 5.91 Å². The second-order valence-electron chi connectivity index (χ2n) is 5.49. The van der Waals surface area contributed by atoms with E-state index in [2.05, 4.69) is 21.2 Å². The molecule has 122 valence electrons. The van der Waals surface area contributed by atoms with Gasteiger partial charge in [0.05, 0.1) is 4.47 Å². The molecule has 22 heavy (non-hydrogen) atoms. The zero-order valence-corrected chi connectivity index (χ0v) is 14.5. The van der Waals surface area contributed by atoms with Crippen LogP contribution in [0.4, 0.5) is 0 Å². The molecule has 1 heterocycles. The summed E-state index contributed by atoms with van der Waals surface area (Å²) in [6.45, 7) is 1.65. The zero-order valence-electron chi connectivity index (χ0n) is 12.1. The quantitative estimate of drug-likeness (QED) is 0.830. The van der Waals surface area contributed by atoms with Gasteiger partial charge in [-0.05, 0) is 53.4 Å². The van der Waals surface area contributed by atoms with E-state index in [0.717, 1.165) is 23.7 Å². The summed E-state index contributed by atoms with van der Waals surface area (Å²) in [5, 5.41) is 3.09. The largest absolute Gasteiger partial charge is 0.486 e. The summed E-state index contributed by atoms with van der Waals surface area (Å²) in [7, 11) is 0. The molecule has 1 aromatic rings. The van der Waals surface area contributed by atoms with Crippen LogP contribution in [0.3, 0.4) is 0 Å². The molecular formula is C15H20BrClN2O3. The SMILES string of the molecule is Cl.NCC1CCCC1NC(=O)c1cc(Br)c2c(c1)OCCO2. The van der Waals surface area contributed by atoms with Crippen LogP contribution >= 0.6 is 28.3 Å². The summed E-state index contributed by atoms with van der Waals surface area (Å²) in [4.78, 5) is 12.4. The molecule has 0 bridgehead atoms. The van der Waals surface area contributed by atoms with E-state index in [-0.39, 0.29) is 24.4 Å². The summed E-state index contributed by atoms with van der Waals surface area (Å²) < 4.78 is 11.8. The lowest BCUT2D eigenvalue weighted by molar-refractivity contribution is 0.0927. The molecule has 1 aromatic carbocycles. The van der Waals surface area contributed by atoms with Crippen molar-refractivity contribution in [3.05, 3.63) is 22.2 Å². The van der Waals surface area contributed by atoms with Gasteiger partial charge in [-0.15, -0.1) is 12.4 Å². The first-order valence-electron chi connectivity index (χ1n) is 7.29. The molecule has 2 unspecified atom stereocenters. The third kappa shape index (κ3) is 3.50. The van der Waals surface area contributed by atoms with Crippen molar-refractivity contribution in [3.63, 3.8) is 0 Å². The Morgan fingerprint density at radius 2 is 2.09 bits per heavy atom. The molecule has 3 N–H and O–H groups in total. The predicted octanol–water partition coefficient (Wildman–Crippen LogP) is 2.50. The van der Waals surface area contributed by atoms with Gasteiger partial charge in [0.15, 0.2) is 11.5 Å². The van der Waals surface area contributed by atoms with Crippen LogP contribution in [-0.4, -0.2) is 31.7 Å². The first kappa shape index (κ1) is 17.4. The number of ether oxygens (including phenoxy) is 2. The molecule has 5 nitrogen and oxygen atoms in total. The van der Waals surface area contributed by atoms with Crippen molar-refractivity contribution in [1.82, 2.24) is 5.32 Å². The predicted molar refractivity (Wildman–Crippen MR) is 90.0 cm³/mol. The fourth-order valence-electron chi connectivity index (χ4n) is 3.00. The second-order valence-corrected chi connectivity index (χ2v) is 6.34. The van der Waals surface area contributed by atoms with Crippen LogP contribution in [-0.2, 0) is 0 Å². The summed E-state index contributed by atoms with van der Waals surface area (Å²) in [5.74, 6) is 1.58. The third-order valence-corrected chi connectivity index (χ3v) is 4.73. The van der Waals surface area contributed by atoms with E-state index in [1.54, 1.807) is 12.1 Å². The topological polar surface area (TPSA) is 73.6 Å². The van der Waals surface area contributed by atoms with Gasteiger partial charge in [-0.3, -0.25) is 4.79 Å². The minimum atomic E-state index is -0.0852. The molecule has 1 aliphatic heterocycles. The zero-order chi connectivity index (χ0) is 14.8. The lowest BCUT2D eigenvalue weighted by Crippen LogP contribution is -2.39. The number of halogens is 2. The Kier molecular flexibility index (Phi) is 5.94. The van der Waals surface area contributed by atoms with E-state index in [1.165, 1.54) is 0 Å². The van der Waals surface area contributed by atoms with E-state index in [1.807, 2.05) is 0 Å². The van der Waals surface area contributed by atoms with Crippen LogP contribution in [0.25, 0.3) is 0 Å². The molecule has 2 atom stereocenters. The summed E-state index contributed by atoms with van der Waals surface area (Å²) >= 11 is 3.43. The normalized spacial score (nSPS) is 22.8. The molecule has 1 fully saturated rings. The van der Waals surface area contributed by atoms with Gasteiger partial charge in [-0.1, -0.05) is 6.42 Å². The maximum Gasteiger partial charge on any atom is 0.251 e.